The van der Waals surface area contributed by atoms with Crippen LogP contribution in [0.5, 0.6) is 5.75 Å². The molecule has 1 aromatic carbocycles. The number of benzene rings is 1. The quantitative estimate of drug-likeness (QED) is 0.905. The van der Waals surface area contributed by atoms with E-state index in [2.05, 4.69) is 16.2 Å². The monoisotopic (exact) mass is 271 g/mol. The minimum atomic E-state index is -0.366. The number of rotatable bonds is 2. The summed E-state index contributed by atoms with van der Waals surface area (Å²) in [5, 5.41) is 4.07. The second kappa shape index (κ2) is 4.31. The number of aromatic nitrogens is 2. The molecule has 1 aliphatic heterocycles. The van der Waals surface area contributed by atoms with E-state index in [0.29, 0.717) is 18.3 Å². The third-order valence-corrected chi connectivity index (χ3v) is 4.36. The number of ether oxygens (including phenoxy) is 1. The Morgan fingerprint density at radius 2 is 2.10 bits per heavy atom. The Morgan fingerprint density at radius 3 is 2.90 bits per heavy atom. The molecule has 0 saturated heterocycles. The standard InChI is InChI=1S/C15H17N3O2/c16-15(6-3-7-15)14-17-13(20-18-14)11-8-10-4-1-2-5-12(10)19-9-11/h1-2,4-5,11H,3,6-9,16H2. The number of hydrogen-bond acceptors (Lipinski definition) is 5. The van der Waals surface area contributed by atoms with E-state index in [0.717, 1.165) is 31.4 Å². The fraction of sp³-hybridized carbons (Fsp3) is 0.467. The summed E-state index contributed by atoms with van der Waals surface area (Å²) >= 11 is 0. The van der Waals surface area contributed by atoms with Crippen LogP contribution >= 0.6 is 0 Å². The van der Waals surface area contributed by atoms with Crippen LogP contribution in [0.3, 0.4) is 0 Å². The molecule has 5 heteroatoms. The lowest BCUT2D eigenvalue weighted by Gasteiger charge is -2.34. The molecule has 1 atom stereocenters. The molecule has 104 valence electrons. The van der Waals surface area contributed by atoms with E-state index in [4.69, 9.17) is 15.0 Å². The lowest BCUT2D eigenvalue weighted by atomic mass is 9.77. The van der Waals surface area contributed by atoms with Crippen molar-refractivity contribution in [2.24, 2.45) is 5.73 Å². The highest BCUT2D eigenvalue weighted by Gasteiger charge is 2.39. The molecule has 1 aliphatic carbocycles. The normalized spacial score (nSPS) is 23.6. The van der Waals surface area contributed by atoms with Crippen molar-refractivity contribution in [1.82, 2.24) is 10.1 Å². The van der Waals surface area contributed by atoms with Crippen molar-refractivity contribution in [2.45, 2.75) is 37.1 Å². The van der Waals surface area contributed by atoms with Crippen molar-refractivity contribution in [3.05, 3.63) is 41.5 Å². The van der Waals surface area contributed by atoms with Crippen LogP contribution in [0.1, 0.15) is 42.5 Å². The van der Waals surface area contributed by atoms with Gasteiger partial charge in [0, 0.05) is 0 Å². The molecule has 4 rings (SSSR count). The Bertz CT molecular complexity index is 634. The van der Waals surface area contributed by atoms with Gasteiger partial charge < -0.3 is 15.0 Å². The second-order valence-electron chi connectivity index (χ2n) is 5.79. The summed E-state index contributed by atoms with van der Waals surface area (Å²) in [6, 6.07) is 8.08. The van der Waals surface area contributed by atoms with E-state index < -0.39 is 0 Å². The summed E-state index contributed by atoms with van der Waals surface area (Å²) in [7, 11) is 0. The van der Waals surface area contributed by atoms with Gasteiger partial charge in [0.25, 0.3) is 0 Å². The van der Waals surface area contributed by atoms with Crippen LogP contribution in [0.25, 0.3) is 0 Å². The summed E-state index contributed by atoms with van der Waals surface area (Å²) in [5.41, 5.74) is 7.05. The Kier molecular flexibility index (Phi) is 2.57. The molecular weight excluding hydrogens is 254 g/mol. The molecule has 5 nitrogen and oxygen atoms in total. The average Bonchev–Trinajstić information content (AvgIpc) is 2.94. The van der Waals surface area contributed by atoms with Crippen LogP contribution < -0.4 is 10.5 Å². The highest BCUT2D eigenvalue weighted by Crippen LogP contribution is 2.38. The largest absolute Gasteiger partial charge is 0.492 e. The zero-order chi connectivity index (χ0) is 13.6. The SMILES string of the molecule is NC1(c2noc(C3COc4ccccc4C3)n2)CCC1. The third-order valence-electron chi connectivity index (χ3n) is 4.36. The van der Waals surface area contributed by atoms with Crippen LogP contribution in [-0.2, 0) is 12.0 Å². The topological polar surface area (TPSA) is 74.2 Å². The fourth-order valence-electron chi connectivity index (χ4n) is 2.87. The molecule has 20 heavy (non-hydrogen) atoms. The van der Waals surface area contributed by atoms with Gasteiger partial charge in [-0.15, -0.1) is 0 Å². The summed E-state index contributed by atoms with van der Waals surface area (Å²) in [6.45, 7) is 0.580. The van der Waals surface area contributed by atoms with Crippen LogP contribution in [0.4, 0.5) is 0 Å². The number of fused-ring (bicyclic) bond motifs is 1. The first-order valence-electron chi connectivity index (χ1n) is 7.08. The molecule has 2 heterocycles. The molecule has 1 fully saturated rings. The first-order chi connectivity index (χ1) is 9.74. The predicted octanol–water partition coefficient (Wildman–Crippen LogP) is 2.13. The van der Waals surface area contributed by atoms with Gasteiger partial charge in [-0.3, -0.25) is 0 Å². The van der Waals surface area contributed by atoms with Gasteiger partial charge in [-0.05, 0) is 37.3 Å². The number of nitrogens with zero attached hydrogens (tertiary/aromatic N) is 2. The van der Waals surface area contributed by atoms with Crippen LogP contribution in [0.2, 0.25) is 0 Å². The van der Waals surface area contributed by atoms with Gasteiger partial charge in [0.2, 0.25) is 5.89 Å². The molecule has 1 aromatic heterocycles. The lowest BCUT2D eigenvalue weighted by molar-refractivity contribution is 0.220. The predicted molar refractivity (Wildman–Crippen MR) is 72.4 cm³/mol. The van der Waals surface area contributed by atoms with E-state index in [9.17, 15) is 0 Å². The second-order valence-corrected chi connectivity index (χ2v) is 5.79. The fourth-order valence-corrected chi connectivity index (χ4v) is 2.87. The Morgan fingerprint density at radius 1 is 1.25 bits per heavy atom. The lowest BCUT2D eigenvalue weighted by Crippen LogP contribution is -2.44. The third kappa shape index (κ3) is 1.81. The smallest absolute Gasteiger partial charge is 0.233 e. The van der Waals surface area contributed by atoms with E-state index in [-0.39, 0.29) is 11.5 Å². The minimum Gasteiger partial charge on any atom is -0.492 e. The Labute approximate surface area is 117 Å². The summed E-state index contributed by atoms with van der Waals surface area (Å²) in [4.78, 5) is 4.52. The van der Waals surface area contributed by atoms with E-state index in [1.807, 2.05) is 18.2 Å². The van der Waals surface area contributed by atoms with Gasteiger partial charge in [-0.1, -0.05) is 23.4 Å². The number of hydrogen-bond donors (Lipinski definition) is 1. The first kappa shape index (κ1) is 11.9. The van der Waals surface area contributed by atoms with Gasteiger partial charge in [0.15, 0.2) is 5.82 Å². The molecule has 0 amide bonds. The van der Waals surface area contributed by atoms with Crippen molar-refractivity contribution < 1.29 is 9.26 Å². The Balaban J connectivity index is 1.57. The molecule has 1 unspecified atom stereocenters. The highest BCUT2D eigenvalue weighted by atomic mass is 16.5. The van der Waals surface area contributed by atoms with E-state index >= 15 is 0 Å². The molecule has 2 aliphatic rings. The molecule has 0 bridgehead atoms. The van der Waals surface area contributed by atoms with Gasteiger partial charge in [0.05, 0.1) is 11.5 Å². The van der Waals surface area contributed by atoms with Crippen LogP contribution in [0, 0.1) is 0 Å². The number of nitrogens with two attached hydrogens (primary N) is 1. The zero-order valence-electron chi connectivity index (χ0n) is 11.2. The molecule has 0 spiro atoms. The van der Waals surface area contributed by atoms with Gasteiger partial charge in [0.1, 0.15) is 12.4 Å². The van der Waals surface area contributed by atoms with Crippen molar-refractivity contribution in [1.29, 1.82) is 0 Å². The molecule has 2 N–H and O–H groups in total. The Hall–Kier alpha value is -1.88. The van der Waals surface area contributed by atoms with Crippen molar-refractivity contribution in [3.63, 3.8) is 0 Å². The minimum absolute atomic E-state index is 0.120. The van der Waals surface area contributed by atoms with Crippen LogP contribution in [0.15, 0.2) is 28.8 Å². The average molecular weight is 271 g/mol. The highest BCUT2D eigenvalue weighted by molar-refractivity contribution is 5.36. The van der Waals surface area contributed by atoms with Gasteiger partial charge in [-0.25, -0.2) is 0 Å². The van der Waals surface area contributed by atoms with Crippen LogP contribution in [-0.4, -0.2) is 16.7 Å². The van der Waals surface area contributed by atoms with E-state index in [1.165, 1.54) is 5.56 Å². The first-order valence-corrected chi connectivity index (χ1v) is 7.08. The van der Waals surface area contributed by atoms with Crippen molar-refractivity contribution in [2.75, 3.05) is 6.61 Å². The van der Waals surface area contributed by atoms with Crippen molar-refractivity contribution >= 4 is 0 Å². The van der Waals surface area contributed by atoms with Gasteiger partial charge in [-0.2, -0.15) is 4.98 Å². The summed E-state index contributed by atoms with van der Waals surface area (Å²) in [6.07, 6.45) is 3.89. The zero-order valence-corrected chi connectivity index (χ0v) is 11.2. The molecule has 2 aromatic rings. The number of para-hydroxylation sites is 1. The summed E-state index contributed by atoms with van der Waals surface area (Å²) < 4.78 is 11.2. The van der Waals surface area contributed by atoms with E-state index in [1.54, 1.807) is 0 Å². The maximum atomic E-state index is 6.23. The molecule has 0 radical (unpaired) electrons. The maximum Gasteiger partial charge on any atom is 0.233 e. The van der Waals surface area contributed by atoms with Gasteiger partial charge >= 0.3 is 0 Å². The molecular formula is C15H17N3O2. The van der Waals surface area contributed by atoms with Crippen molar-refractivity contribution in [3.8, 4) is 5.75 Å². The summed E-state index contributed by atoms with van der Waals surface area (Å²) in [5.74, 6) is 2.37. The maximum absolute atomic E-state index is 6.23. The molecule has 1 saturated carbocycles.